The number of likely N-dealkylation sites (tertiary alicyclic amines) is 1. The maximum absolute atomic E-state index is 12.7. The molecule has 1 amide bonds. The minimum atomic E-state index is -0.0216. The first-order valence-electron chi connectivity index (χ1n) is 8.97. The standard InChI is InChI=1S/C21H24Cl2N2O/c1-14-8-9-17(11-15(14)2)24-21(26)16-5-4-10-25(12-16)13-18-19(22)6-3-7-20(18)23/h3,6-9,11,16H,4-5,10,12-13H2,1-2H3,(H,24,26)/t16-/m1/s1. The summed E-state index contributed by atoms with van der Waals surface area (Å²) in [6.07, 6.45) is 1.90. The van der Waals surface area contributed by atoms with Crippen molar-refractivity contribution in [3.05, 3.63) is 63.1 Å². The molecule has 2 aromatic rings. The van der Waals surface area contributed by atoms with Gasteiger partial charge in [0.25, 0.3) is 0 Å². The molecule has 0 aliphatic carbocycles. The second-order valence-electron chi connectivity index (χ2n) is 7.06. The maximum Gasteiger partial charge on any atom is 0.228 e. The van der Waals surface area contributed by atoms with Crippen LogP contribution < -0.4 is 5.32 Å². The number of piperidine rings is 1. The van der Waals surface area contributed by atoms with Crippen LogP contribution in [0, 0.1) is 19.8 Å². The van der Waals surface area contributed by atoms with Crippen molar-refractivity contribution in [1.29, 1.82) is 0 Å². The zero-order chi connectivity index (χ0) is 18.7. The zero-order valence-corrected chi connectivity index (χ0v) is 16.7. The number of anilines is 1. The van der Waals surface area contributed by atoms with Crippen LogP contribution in [-0.2, 0) is 11.3 Å². The average molecular weight is 391 g/mol. The van der Waals surface area contributed by atoms with Crippen LogP contribution in [0.3, 0.4) is 0 Å². The van der Waals surface area contributed by atoms with Crippen LogP contribution >= 0.6 is 23.2 Å². The molecule has 26 heavy (non-hydrogen) atoms. The third-order valence-corrected chi connectivity index (χ3v) is 5.80. The molecule has 0 spiro atoms. The number of carbonyl (C=O) groups excluding carboxylic acids is 1. The molecule has 2 aromatic carbocycles. The first-order valence-corrected chi connectivity index (χ1v) is 9.73. The van der Waals surface area contributed by atoms with Crippen molar-refractivity contribution >= 4 is 34.8 Å². The van der Waals surface area contributed by atoms with Crippen LogP contribution in [0.2, 0.25) is 10.0 Å². The lowest BCUT2D eigenvalue weighted by Gasteiger charge is -2.32. The molecule has 0 aromatic heterocycles. The van der Waals surface area contributed by atoms with Crippen molar-refractivity contribution in [2.75, 3.05) is 18.4 Å². The first kappa shape index (κ1) is 19.2. The Bertz CT molecular complexity index is 786. The van der Waals surface area contributed by atoms with Crippen molar-refractivity contribution in [1.82, 2.24) is 4.90 Å². The SMILES string of the molecule is Cc1ccc(NC(=O)[C@@H]2CCCN(Cc3c(Cl)cccc3Cl)C2)cc1C. The fourth-order valence-corrected chi connectivity index (χ4v) is 3.90. The van der Waals surface area contributed by atoms with Crippen molar-refractivity contribution in [3.63, 3.8) is 0 Å². The molecule has 1 saturated heterocycles. The molecule has 0 saturated carbocycles. The van der Waals surface area contributed by atoms with Gasteiger partial charge >= 0.3 is 0 Å². The Morgan fingerprint density at radius 1 is 1.15 bits per heavy atom. The smallest absolute Gasteiger partial charge is 0.228 e. The topological polar surface area (TPSA) is 32.3 Å². The number of nitrogens with one attached hydrogen (secondary N) is 1. The van der Waals surface area contributed by atoms with E-state index in [1.165, 1.54) is 11.1 Å². The van der Waals surface area contributed by atoms with E-state index in [9.17, 15) is 4.79 Å². The second-order valence-corrected chi connectivity index (χ2v) is 7.88. The number of halogens is 2. The Balaban J connectivity index is 1.64. The van der Waals surface area contributed by atoms with E-state index in [1.54, 1.807) is 0 Å². The van der Waals surface area contributed by atoms with E-state index in [-0.39, 0.29) is 11.8 Å². The molecule has 5 heteroatoms. The number of hydrogen-bond donors (Lipinski definition) is 1. The van der Waals surface area contributed by atoms with Gasteiger partial charge in [-0.25, -0.2) is 0 Å². The highest BCUT2D eigenvalue weighted by molar-refractivity contribution is 6.35. The van der Waals surface area contributed by atoms with Crippen molar-refractivity contribution < 1.29 is 4.79 Å². The highest BCUT2D eigenvalue weighted by Crippen LogP contribution is 2.28. The number of benzene rings is 2. The maximum atomic E-state index is 12.7. The Morgan fingerprint density at radius 3 is 2.58 bits per heavy atom. The normalized spacial score (nSPS) is 17.9. The molecule has 3 rings (SSSR count). The van der Waals surface area contributed by atoms with E-state index in [0.29, 0.717) is 16.6 Å². The van der Waals surface area contributed by atoms with E-state index in [1.807, 2.05) is 36.4 Å². The lowest BCUT2D eigenvalue weighted by Crippen LogP contribution is -2.40. The lowest BCUT2D eigenvalue weighted by molar-refractivity contribution is -0.121. The van der Waals surface area contributed by atoms with E-state index >= 15 is 0 Å². The van der Waals surface area contributed by atoms with E-state index in [0.717, 1.165) is 37.2 Å². The number of hydrogen-bond acceptors (Lipinski definition) is 2. The van der Waals surface area contributed by atoms with Crippen LogP contribution in [0.25, 0.3) is 0 Å². The van der Waals surface area contributed by atoms with Gasteiger partial charge in [-0.3, -0.25) is 9.69 Å². The van der Waals surface area contributed by atoms with Crippen LogP contribution in [-0.4, -0.2) is 23.9 Å². The lowest BCUT2D eigenvalue weighted by atomic mass is 9.96. The second kappa shape index (κ2) is 8.43. The highest BCUT2D eigenvalue weighted by atomic mass is 35.5. The van der Waals surface area contributed by atoms with Crippen LogP contribution in [0.5, 0.6) is 0 Å². The van der Waals surface area contributed by atoms with Crippen LogP contribution in [0.15, 0.2) is 36.4 Å². The Morgan fingerprint density at radius 2 is 1.88 bits per heavy atom. The van der Waals surface area contributed by atoms with Gasteiger partial charge in [0.15, 0.2) is 0 Å². The first-order chi connectivity index (χ1) is 12.4. The number of aryl methyl sites for hydroxylation is 2. The van der Waals surface area contributed by atoms with Crippen LogP contribution in [0.1, 0.15) is 29.5 Å². The summed E-state index contributed by atoms with van der Waals surface area (Å²) in [6.45, 7) is 6.47. The van der Waals surface area contributed by atoms with Gasteiger partial charge in [0.1, 0.15) is 0 Å². The van der Waals surface area contributed by atoms with Gasteiger partial charge in [0.2, 0.25) is 5.91 Å². The molecule has 1 fully saturated rings. The molecule has 1 aliphatic heterocycles. The molecular formula is C21H24Cl2N2O. The van der Waals surface area contributed by atoms with Gasteiger partial charge in [-0.05, 0) is 68.6 Å². The molecule has 138 valence electrons. The number of carbonyl (C=O) groups is 1. The number of amides is 1. The minimum Gasteiger partial charge on any atom is -0.326 e. The largest absolute Gasteiger partial charge is 0.326 e. The minimum absolute atomic E-state index is 0.0216. The summed E-state index contributed by atoms with van der Waals surface area (Å²) in [7, 11) is 0. The zero-order valence-electron chi connectivity index (χ0n) is 15.2. The van der Waals surface area contributed by atoms with E-state index in [2.05, 4.69) is 24.1 Å². The summed E-state index contributed by atoms with van der Waals surface area (Å²) in [5, 5.41) is 4.43. The number of rotatable bonds is 4. The molecular weight excluding hydrogens is 367 g/mol. The monoisotopic (exact) mass is 390 g/mol. The summed E-state index contributed by atoms with van der Waals surface area (Å²) in [5.74, 6) is 0.0647. The average Bonchev–Trinajstić information content (AvgIpc) is 2.62. The third kappa shape index (κ3) is 4.59. The Hall–Kier alpha value is -1.55. The predicted molar refractivity (Wildman–Crippen MR) is 109 cm³/mol. The van der Waals surface area contributed by atoms with Crippen molar-refractivity contribution in [2.45, 2.75) is 33.2 Å². The quantitative estimate of drug-likeness (QED) is 0.751. The van der Waals surface area contributed by atoms with Gasteiger partial charge in [-0.15, -0.1) is 0 Å². The van der Waals surface area contributed by atoms with Gasteiger partial charge < -0.3 is 5.32 Å². The van der Waals surface area contributed by atoms with Gasteiger partial charge in [0, 0.05) is 34.4 Å². The molecule has 0 radical (unpaired) electrons. The fraction of sp³-hybridized carbons (Fsp3) is 0.381. The summed E-state index contributed by atoms with van der Waals surface area (Å²) < 4.78 is 0. The molecule has 1 atom stereocenters. The third-order valence-electron chi connectivity index (χ3n) is 5.09. The fourth-order valence-electron chi connectivity index (χ4n) is 3.38. The predicted octanol–water partition coefficient (Wildman–Crippen LogP) is 5.46. The summed E-state index contributed by atoms with van der Waals surface area (Å²) in [6, 6.07) is 11.6. The molecule has 1 heterocycles. The molecule has 0 bridgehead atoms. The molecule has 1 N–H and O–H groups in total. The van der Waals surface area contributed by atoms with Crippen molar-refractivity contribution in [3.8, 4) is 0 Å². The summed E-state index contributed by atoms with van der Waals surface area (Å²) in [5.41, 5.74) is 4.21. The van der Waals surface area contributed by atoms with Gasteiger partial charge in [-0.2, -0.15) is 0 Å². The Kier molecular flexibility index (Phi) is 6.23. The van der Waals surface area contributed by atoms with Gasteiger partial charge in [0.05, 0.1) is 5.92 Å². The van der Waals surface area contributed by atoms with Crippen molar-refractivity contribution in [2.24, 2.45) is 5.92 Å². The number of nitrogens with zero attached hydrogens (tertiary/aromatic N) is 1. The van der Waals surface area contributed by atoms with E-state index < -0.39 is 0 Å². The molecule has 1 aliphatic rings. The summed E-state index contributed by atoms with van der Waals surface area (Å²) in [4.78, 5) is 15.0. The molecule has 0 unspecified atom stereocenters. The van der Waals surface area contributed by atoms with E-state index in [4.69, 9.17) is 23.2 Å². The van der Waals surface area contributed by atoms with Crippen LogP contribution in [0.4, 0.5) is 5.69 Å². The highest BCUT2D eigenvalue weighted by Gasteiger charge is 2.26. The molecule has 3 nitrogen and oxygen atoms in total. The summed E-state index contributed by atoms with van der Waals surface area (Å²) >= 11 is 12.6. The Labute approximate surface area is 165 Å². The van der Waals surface area contributed by atoms with Gasteiger partial charge in [-0.1, -0.05) is 35.3 Å².